The van der Waals surface area contributed by atoms with Crippen molar-refractivity contribution in [3.8, 4) is 0 Å². The number of halogens is 4. The minimum Gasteiger partial charge on any atom is -0.444 e. The molecule has 1 N–H and O–H groups in total. The van der Waals surface area contributed by atoms with Gasteiger partial charge in [-0.15, -0.1) is 0 Å². The molecule has 8 heteroatoms. The van der Waals surface area contributed by atoms with E-state index in [1.165, 1.54) is 30.5 Å². The van der Waals surface area contributed by atoms with Crippen LogP contribution in [0.15, 0.2) is 47.2 Å². The standard InChI is InChI=1S/C17H12BrF3N2O2/c1-9-8-10(2-3-13(9)18)14(17(19,20)21)25-16(24)12-5-7-23-15-11(12)4-6-22-15/h2-8,14H,1H3,(H,22,23). The van der Waals surface area contributed by atoms with Gasteiger partial charge in [0.1, 0.15) is 5.65 Å². The van der Waals surface area contributed by atoms with Crippen LogP contribution >= 0.6 is 15.9 Å². The summed E-state index contributed by atoms with van der Waals surface area (Å²) in [6.07, 6.45) is -4.20. The summed E-state index contributed by atoms with van der Waals surface area (Å²) >= 11 is 3.24. The molecule has 1 aromatic carbocycles. The number of nitrogens with one attached hydrogen (secondary N) is 1. The molecule has 130 valence electrons. The number of pyridine rings is 1. The molecule has 0 fully saturated rings. The van der Waals surface area contributed by atoms with Crippen LogP contribution in [0.2, 0.25) is 0 Å². The zero-order valence-electron chi connectivity index (χ0n) is 12.9. The van der Waals surface area contributed by atoms with E-state index in [0.717, 1.165) is 0 Å². The van der Waals surface area contributed by atoms with Gasteiger partial charge < -0.3 is 9.72 Å². The number of carbonyl (C=O) groups excluding carboxylic acids is 1. The molecule has 2 aromatic heterocycles. The second-order valence-electron chi connectivity index (χ2n) is 5.43. The molecule has 3 aromatic rings. The average molecular weight is 413 g/mol. The fourth-order valence-corrected chi connectivity index (χ4v) is 2.71. The number of aromatic nitrogens is 2. The van der Waals surface area contributed by atoms with Crippen molar-refractivity contribution < 1.29 is 22.7 Å². The SMILES string of the molecule is Cc1cc(C(OC(=O)c2ccnc3[nH]ccc23)C(F)(F)F)ccc1Br. The van der Waals surface area contributed by atoms with Crippen molar-refractivity contribution in [2.24, 2.45) is 0 Å². The lowest BCUT2D eigenvalue weighted by molar-refractivity contribution is -0.207. The number of H-pyrrole nitrogens is 1. The van der Waals surface area contributed by atoms with Crippen molar-refractivity contribution in [2.75, 3.05) is 0 Å². The Morgan fingerprint density at radius 1 is 1.28 bits per heavy atom. The number of ether oxygens (including phenoxy) is 1. The molecule has 4 nitrogen and oxygen atoms in total. The number of alkyl halides is 3. The molecule has 2 heterocycles. The van der Waals surface area contributed by atoms with Gasteiger partial charge in [-0.2, -0.15) is 13.2 Å². The van der Waals surface area contributed by atoms with Gasteiger partial charge in [-0.05, 0) is 30.7 Å². The lowest BCUT2D eigenvalue weighted by atomic mass is 10.1. The molecule has 0 aliphatic rings. The zero-order valence-corrected chi connectivity index (χ0v) is 14.5. The van der Waals surface area contributed by atoms with Crippen molar-refractivity contribution in [1.29, 1.82) is 0 Å². The first kappa shape index (κ1) is 17.5. The first-order valence-electron chi connectivity index (χ1n) is 7.23. The fourth-order valence-electron chi connectivity index (χ4n) is 2.46. The molecule has 0 saturated heterocycles. The van der Waals surface area contributed by atoms with E-state index in [-0.39, 0.29) is 11.1 Å². The topological polar surface area (TPSA) is 55.0 Å². The van der Waals surface area contributed by atoms with E-state index in [2.05, 4.69) is 25.9 Å². The molecule has 0 radical (unpaired) electrons. The molecule has 25 heavy (non-hydrogen) atoms. The number of aromatic amines is 1. The van der Waals surface area contributed by atoms with Crippen LogP contribution in [0.4, 0.5) is 13.2 Å². The molecular formula is C17H12BrF3N2O2. The van der Waals surface area contributed by atoms with Crippen molar-refractivity contribution >= 4 is 32.9 Å². The van der Waals surface area contributed by atoms with E-state index in [9.17, 15) is 18.0 Å². The van der Waals surface area contributed by atoms with Gasteiger partial charge in [-0.3, -0.25) is 0 Å². The van der Waals surface area contributed by atoms with Gasteiger partial charge in [0.05, 0.1) is 5.56 Å². The van der Waals surface area contributed by atoms with Gasteiger partial charge in [-0.1, -0.05) is 28.1 Å². The Hall–Kier alpha value is -2.35. The molecule has 0 aliphatic carbocycles. The summed E-state index contributed by atoms with van der Waals surface area (Å²) in [5.74, 6) is -1.06. The molecule has 0 amide bonds. The van der Waals surface area contributed by atoms with E-state index < -0.39 is 18.2 Å². The Morgan fingerprint density at radius 2 is 2.04 bits per heavy atom. The molecular weight excluding hydrogens is 401 g/mol. The highest BCUT2D eigenvalue weighted by Crippen LogP contribution is 2.38. The molecule has 0 spiro atoms. The maximum atomic E-state index is 13.5. The van der Waals surface area contributed by atoms with Crippen LogP contribution in [0.1, 0.15) is 27.6 Å². The quantitative estimate of drug-likeness (QED) is 0.609. The normalized spacial score (nSPS) is 13.0. The summed E-state index contributed by atoms with van der Waals surface area (Å²) in [5.41, 5.74) is 0.896. The van der Waals surface area contributed by atoms with Crippen molar-refractivity contribution in [3.63, 3.8) is 0 Å². The molecule has 0 bridgehead atoms. The van der Waals surface area contributed by atoms with Gasteiger partial charge in [0.2, 0.25) is 6.10 Å². The monoisotopic (exact) mass is 412 g/mol. The van der Waals surface area contributed by atoms with Crippen molar-refractivity contribution in [1.82, 2.24) is 9.97 Å². The van der Waals surface area contributed by atoms with E-state index in [1.807, 2.05) is 0 Å². The van der Waals surface area contributed by atoms with Crippen LogP contribution in [-0.4, -0.2) is 22.1 Å². The Labute approximate surface area is 149 Å². The van der Waals surface area contributed by atoms with E-state index >= 15 is 0 Å². The fraction of sp³-hybridized carbons (Fsp3) is 0.176. The summed E-state index contributed by atoms with van der Waals surface area (Å²) in [6.45, 7) is 1.66. The Balaban J connectivity index is 1.97. The third kappa shape index (κ3) is 3.53. The van der Waals surface area contributed by atoms with Crippen LogP contribution in [0, 0.1) is 6.92 Å². The number of rotatable bonds is 3. The molecule has 3 rings (SSSR count). The Kier molecular flexibility index (Phi) is 4.55. The molecule has 1 unspecified atom stereocenters. The second kappa shape index (κ2) is 6.51. The third-order valence-electron chi connectivity index (χ3n) is 3.69. The maximum absolute atomic E-state index is 13.5. The number of fused-ring (bicyclic) bond motifs is 1. The van der Waals surface area contributed by atoms with Crippen LogP contribution in [0.3, 0.4) is 0 Å². The van der Waals surface area contributed by atoms with Crippen molar-refractivity contribution in [2.45, 2.75) is 19.2 Å². The van der Waals surface area contributed by atoms with Crippen LogP contribution < -0.4 is 0 Å². The van der Waals surface area contributed by atoms with Gasteiger partial charge in [-0.25, -0.2) is 9.78 Å². The largest absolute Gasteiger partial charge is 0.444 e. The van der Waals surface area contributed by atoms with E-state index in [4.69, 9.17) is 4.74 Å². The molecule has 0 saturated carbocycles. The smallest absolute Gasteiger partial charge is 0.429 e. The number of aryl methyl sites for hydroxylation is 1. The number of benzene rings is 1. The Bertz CT molecular complexity index is 937. The van der Waals surface area contributed by atoms with Crippen molar-refractivity contribution in [3.05, 3.63) is 63.9 Å². The lowest BCUT2D eigenvalue weighted by Crippen LogP contribution is -2.26. The first-order valence-corrected chi connectivity index (χ1v) is 8.02. The molecule has 0 aliphatic heterocycles. The highest BCUT2D eigenvalue weighted by molar-refractivity contribution is 9.10. The minimum atomic E-state index is -4.74. The average Bonchev–Trinajstić information content (AvgIpc) is 3.02. The number of hydrogen-bond donors (Lipinski definition) is 1. The predicted molar refractivity (Wildman–Crippen MR) is 89.2 cm³/mol. The van der Waals surface area contributed by atoms with Gasteiger partial charge in [0.25, 0.3) is 0 Å². The summed E-state index contributed by atoms with van der Waals surface area (Å²) in [4.78, 5) is 19.2. The third-order valence-corrected chi connectivity index (χ3v) is 4.58. The van der Waals surface area contributed by atoms with Gasteiger partial charge in [0.15, 0.2) is 0 Å². The summed E-state index contributed by atoms with van der Waals surface area (Å²) in [6, 6.07) is 7.01. The number of esters is 1. The zero-order chi connectivity index (χ0) is 18.2. The van der Waals surface area contributed by atoms with E-state index in [1.54, 1.807) is 19.2 Å². The minimum absolute atomic E-state index is 0.0225. The van der Waals surface area contributed by atoms with Gasteiger partial charge >= 0.3 is 12.1 Å². The van der Waals surface area contributed by atoms with E-state index in [0.29, 0.717) is 21.1 Å². The van der Waals surface area contributed by atoms with Crippen LogP contribution in [0.25, 0.3) is 11.0 Å². The van der Waals surface area contributed by atoms with Crippen LogP contribution in [0.5, 0.6) is 0 Å². The maximum Gasteiger partial charge on any atom is 0.429 e. The second-order valence-corrected chi connectivity index (χ2v) is 6.29. The first-order chi connectivity index (χ1) is 11.8. The predicted octanol–water partition coefficient (Wildman–Crippen LogP) is 5.09. The Morgan fingerprint density at radius 3 is 2.72 bits per heavy atom. The van der Waals surface area contributed by atoms with Gasteiger partial charge in [0, 0.05) is 27.8 Å². The highest BCUT2D eigenvalue weighted by atomic mass is 79.9. The molecule has 1 atom stereocenters. The summed E-state index contributed by atoms with van der Waals surface area (Å²) < 4.78 is 45.9. The number of hydrogen-bond acceptors (Lipinski definition) is 3. The number of nitrogens with zero attached hydrogens (tertiary/aromatic N) is 1. The summed E-state index contributed by atoms with van der Waals surface area (Å²) in [7, 11) is 0. The van der Waals surface area contributed by atoms with Crippen LogP contribution in [-0.2, 0) is 4.74 Å². The highest BCUT2D eigenvalue weighted by Gasteiger charge is 2.44. The number of carbonyl (C=O) groups is 1. The lowest BCUT2D eigenvalue weighted by Gasteiger charge is -2.21. The summed E-state index contributed by atoms with van der Waals surface area (Å²) in [5, 5.41) is 0.403.